The maximum absolute atomic E-state index is 14.4. The molecule has 1 atom stereocenters. The first-order valence-electron chi connectivity index (χ1n) is 8.57. The Morgan fingerprint density at radius 2 is 1.97 bits per heavy atom. The lowest BCUT2D eigenvalue weighted by Gasteiger charge is -2.21. The molecule has 1 fully saturated rings. The molecule has 1 aromatic heterocycles. The first-order valence-corrected chi connectivity index (χ1v) is 8.57. The number of fused-ring (bicyclic) bond motifs is 1. The van der Waals surface area contributed by atoms with Gasteiger partial charge in [0.15, 0.2) is 0 Å². The van der Waals surface area contributed by atoms with Crippen molar-refractivity contribution in [2.75, 3.05) is 16.3 Å². The van der Waals surface area contributed by atoms with Gasteiger partial charge in [-0.15, -0.1) is 0 Å². The van der Waals surface area contributed by atoms with Crippen LogP contribution in [-0.2, 0) is 0 Å². The van der Waals surface area contributed by atoms with E-state index in [2.05, 4.69) is 9.72 Å². The summed E-state index contributed by atoms with van der Waals surface area (Å²) in [4.78, 5) is 19.5. The SMILES string of the molecule is N#C[C@@H]1CN(c2cc(OC(F)F)ccc2F)C(=O)N1c1cncc2ccccc12. The van der Waals surface area contributed by atoms with Crippen LogP contribution in [0.5, 0.6) is 5.75 Å². The highest BCUT2D eigenvalue weighted by Crippen LogP contribution is 2.35. The third-order valence-corrected chi connectivity index (χ3v) is 4.59. The molecule has 29 heavy (non-hydrogen) atoms. The molecule has 0 spiro atoms. The number of hydrogen-bond acceptors (Lipinski definition) is 4. The van der Waals surface area contributed by atoms with Gasteiger partial charge in [-0.1, -0.05) is 24.3 Å². The van der Waals surface area contributed by atoms with E-state index in [-0.39, 0.29) is 18.0 Å². The van der Waals surface area contributed by atoms with Gasteiger partial charge in [-0.2, -0.15) is 14.0 Å². The maximum atomic E-state index is 14.4. The number of nitrogens with zero attached hydrogens (tertiary/aromatic N) is 4. The van der Waals surface area contributed by atoms with Gasteiger partial charge in [-0.05, 0) is 12.1 Å². The minimum absolute atomic E-state index is 0.145. The fourth-order valence-electron chi connectivity index (χ4n) is 3.33. The van der Waals surface area contributed by atoms with Crippen molar-refractivity contribution in [2.45, 2.75) is 12.7 Å². The first-order chi connectivity index (χ1) is 14.0. The summed E-state index contributed by atoms with van der Waals surface area (Å²) in [7, 11) is 0. The Bertz CT molecular complexity index is 1130. The minimum atomic E-state index is -3.09. The third-order valence-electron chi connectivity index (χ3n) is 4.59. The van der Waals surface area contributed by atoms with Crippen LogP contribution in [0.3, 0.4) is 0 Å². The van der Waals surface area contributed by atoms with Gasteiger partial charge in [0.1, 0.15) is 17.6 Å². The number of rotatable bonds is 4. The third kappa shape index (κ3) is 3.29. The van der Waals surface area contributed by atoms with Crippen LogP contribution in [0.15, 0.2) is 54.9 Å². The van der Waals surface area contributed by atoms with E-state index in [1.165, 1.54) is 11.1 Å². The van der Waals surface area contributed by atoms with E-state index in [9.17, 15) is 23.2 Å². The minimum Gasteiger partial charge on any atom is -0.435 e. The van der Waals surface area contributed by atoms with E-state index < -0.39 is 24.5 Å². The normalized spacial score (nSPS) is 16.5. The molecule has 1 aliphatic heterocycles. The predicted molar refractivity (Wildman–Crippen MR) is 99.4 cm³/mol. The number of aromatic nitrogens is 1. The Kier molecular flexibility index (Phi) is 4.68. The molecular weight excluding hydrogens is 385 g/mol. The van der Waals surface area contributed by atoms with E-state index in [0.717, 1.165) is 28.5 Å². The Balaban J connectivity index is 1.77. The van der Waals surface area contributed by atoms with Crippen molar-refractivity contribution < 1.29 is 22.7 Å². The largest absolute Gasteiger partial charge is 0.435 e. The van der Waals surface area contributed by atoms with Gasteiger partial charge in [0.05, 0.1) is 30.2 Å². The number of alkyl halides is 2. The number of hydrogen-bond donors (Lipinski definition) is 0. The molecule has 3 aromatic rings. The Morgan fingerprint density at radius 3 is 2.72 bits per heavy atom. The number of amides is 2. The van der Waals surface area contributed by atoms with Crippen molar-refractivity contribution in [3.8, 4) is 11.8 Å². The molecule has 1 aliphatic rings. The molecule has 0 unspecified atom stereocenters. The second-order valence-electron chi connectivity index (χ2n) is 6.28. The fraction of sp³-hybridized carbons (Fsp3) is 0.150. The summed E-state index contributed by atoms with van der Waals surface area (Å²) in [5, 5.41) is 11.1. The van der Waals surface area contributed by atoms with Gasteiger partial charge in [-0.3, -0.25) is 14.8 Å². The quantitative estimate of drug-likeness (QED) is 0.657. The van der Waals surface area contributed by atoms with Gasteiger partial charge >= 0.3 is 12.6 Å². The first kappa shape index (κ1) is 18.6. The van der Waals surface area contributed by atoms with Gasteiger partial charge in [-0.25, -0.2) is 9.18 Å². The number of anilines is 2. The summed E-state index contributed by atoms with van der Waals surface area (Å²) in [5.41, 5.74) is 0.159. The Labute approximate surface area is 163 Å². The molecular formula is C20H13F3N4O2. The monoisotopic (exact) mass is 398 g/mol. The highest BCUT2D eigenvalue weighted by Gasteiger charge is 2.41. The number of pyridine rings is 1. The molecule has 1 saturated heterocycles. The van der Waals surface area contributed by atoms with Gasteiger partial charge in [0, 0.05) is 23.0 Å². The van der Waals surface area contributed by atoms with Gasteiger partial charge < -0.3 is 4.74 Å². The van der Waals surface area contributed by atoms with E-state index in [1.807, 2.05) is 18.2 Å². The highest BCUT2D eigenvalue weighted by atomic mass is 19.3. The van der Waals surface area contributed by atoms with Crippen LogP contribution in [0, 0.1) is 17.1 Å². The number of benzene rings is 2. The topological polar surface area (TPSA) is 69.5 Å². The predicted octanol–water partition coefficient (Wildman–Crippen LogP) is 4.31. The highest BCUT2D eigenvalue weighted by molar-refractivity contribution is 6.11. The number of nitriles is 1. The van der Waals surface area contributed by atoms with E-state index in [1.54, 1.807) is 18.3 Å². The van der Waals surface area contributed by atoms with Crippen molar-refractivity contribution >= 4 is 28.2 Å². The number of carbonyl (C=O) groups excluding carboxylic acids is 1. The summed E-state index contributed by atoms with van der Waals surface area (Å²) in [6.07, 6.45) is 3.09. The van der Waals surface area contributed by atoms with Gasteiger partial charge in [0.2, 0.25) is 0 Å². The smallest absolute Gasteiger partial charge is 0.387 e. The van der Waals surface area contributed by atoms with Crippen LogP contribution in [0.4, 0.5) is 29.3 Å². The second kappa shape index (κ2) is 7.31. The molecule has 2 amide bonds. The van der Waals surface area contributed by atoms with Crippen molar-refractivity contribution in [2.24, 2.45) is 0 Å². The summed E-state index contributed by atoms with van der Waals surface area (Å²) >= 11 is 0. The van der Waals surface area contributed by atoms with Crippen LogP contribution in [-0.4, -0.2) is 30.2 Å². The number of carbonyl (C=O) groups is 1. The standard InChI is InChI=1S/C20H13F3N4O2/c21-16-6-5-14(29-19(22)23)7-17(16)26-11-13(8-24)27(20(26)28)18-10-25-9-12-3-1-2-4-15(12)18/h1-7,9-10,13,19H,11H2/t13-/m1/s1. The van der Waals surface area contributed by atoms with Crippen LogP contribution in [0.2, 0.25) is 0 Å². The molecule has 0 N–H and O–H groups in total. The molecule has 6 nitrogen and oxygen atoms in total. The zero-order chi connectivity index (χ0) is 20.5. The zero-order valence-corrected chi connectivity index (χ0v) is 14.8. The zero-order valence-electron chi connectivity index (χ0n) is 14.8. The van der Waals surface area contributed by atoms with E-state index >= 15 is 0 Å². The number of ether oxygens (including phenoxy) is 1. The lowest BCUT2D eigenvalue weighted by Crippen LogP contribution is -2.35. The van der Waals surface area contributed by atoms with Crippen LogP contribution in [0.1, 0.15) is 0 Å². The molecule has 2 aromatic carbocycles. The van der Waals surface area contributed by atoms with E-state index in [0.29, 0.717) is 11.1 Å². The molecule has 0 radical (unpaired) electrons. The molecule has 0 bridgehead atoms. The molecule has 146 valence electrons. The second-order valence-corrected chi connectivity index (χ2v) is 6.28. The average Bonchev–Trinajstić information content (AvgIpc) is 3.04. The van der Waals surface area contributed by atoms with Gasteiger partial charge in [0.25, 0.3) is 0 Å². The molecule has 0 saturated carbocycles. The molecule has 4 rings (SSSR count). The molecule has 0 aliphatic carbocycles. The van der Waals surface area contributed by atoms with Crippen molar-refractivity contribution in [3.63, 3.8) is 0 Å². The summed E-state index contributed by atoms with van der Waals surface area (Å²) in [6, 6.07) is 10.6. The van der Waals surface area contributed by atoms with Crippen LogP contribution in [0.25, 0.3) is 10.8 Å². The van der Waals surface area contributed by atoms with Crippen LogP contribution < -0.4 is 14.5 Å². The molecule has 9 heteroatoms. The summed E-state index contributed by atoms with van der Waals surface area (Å²) in [5.74, 6) is -1.09. The maximum Gasteiger partial charge on any atom is 0.387 e. The summed E-state index contributed by atoms with van der Waals surface area (Å²) < 4.78 is 43.7. The summed E-state index contributed by atoms with van der Waals surface area (Å²) in [6.45, 7) is -3.24. The lowest BCUT2D eigenvalue weighted by molar-refractivity contribution is -0.0498. The van der Waals surface area contributed by atoms with E-state index in [4.69, 9.17) is 0 Å². The fourth-order valence-corrected chi connectivity index (χ4v) is 3.33. The van der Waals surface area contributed by atoms with Crippen molar-refractivity contribution in [1.29, 1.82) is 5.26 Å². The molecule has 2 heterocycles. The Hall–Kier alpha value is -3.80. The lowest BCUT2D eigenvalue weighted by atomic mass is 10.1. The number of halogens is 3. The number of urea groups is 1. The van der Waals surface area contributed by atoms with Crippen LogP contribution >= 0.6 is 0 Å². The van der Waals surface area contributed by atoms with Crippen molar-refractivity contribution in [3.05, 3.63) is 60.7 Å². The van der Waals surface area contributed by atoms with Crippen molar-refractivity contribution in [1.82, 2.24) is 4.98 Å². The Morgan fingerprint density at radius 1 is 1.17 bits per heavy atom. The average molecular weight is 398 g/mol.